The number of ether oxygens (including phenoxy) is 4. The van der Waals surface area contributed by atoms with Crippen LogP contribution in [0.1, 0.15) is 25.0 Å². The van der Waals surface area contributed by atoms with Gasteiger partial charge in [0.15, 0.2) is 0 Å². The first-order chi connectivity index (χ1) is 16.1. The molecule has 0 bridgehead atoms. The van der Waals surface area contributed by atoms with E-state index in [1.165, 1.54) is 0 Å². The van der Waals surface area contributed by atoms with Crippen molar-refractivity contribution in [2.24, 2.45) is 0 Å². The lowest BCUT2D eigenvalue weighted by Gasteiger charge is -2.30. The summed E-state index contributed by atoms with van der Waals surface area (Å²) in [6.07, 6.45) is -0.0570. The highest BCUT2D eigenvalue weighted by atomic mass is 16.6. The molecule has 0 heterocycles. The Morgan fingerprint density at radius 3 is 1.76 bits per heavy atom. The lowest BCUT2D eigenvalue weighted by molar-refractivity contribution is -0.179. The van der Waals surface area contributed by atoms with Crippen LogP contribution in [0.3, 0.4) is 0 Å². The van der Waals surface area contributed by atoms with Crippen LogP contribution in [-0.2, 0) is 32.1 Å². The van der Waals surface area contributed by atoms with E-state index in [9.17, 15) is 9.59 Å². The Bertz CT molecular complexity index is 997. The summed E-state index contributed by atoms with van der Waals surface area (Å²) in [5.41, 5.74) is -0.222. The lowest BCUT2D eigenvalue weighted by Crippen LogP contribution is -2.55. The fourth-order valence-corrected chi connectivity index (χ4v) is 3.26. The molecule has 0 aliphatic heterocycles. The summed E-state index contributed by atoms with van der Waals surface area (Å²) >= 11 is 0. The third-order valence-electron chi connectivity index (χ3n) is 4.87. The van der Waals surface area contributed by atoms with Crippen molar-refractivity contribution in [2.75, 3.05) is 13.2 Å². The van der Waals surface area contributed by atoms with Crippen LogP contribution in [0.5, 0.6) is 11.5 Å². The van der Waals surface area contributed by atoms with Crippen molar-refractivity contribution in [1.29, 1.82) is 0 Å². The van der Waals surface area contributed by atoms with Crippen molar-refractivity contribution in [1.82, 2.24) is 0 Å². The Kier molecular flexibility index (Phi) is 8.47. The van der Waals surface area contributed by atoms with Crippen molar-refractivity contribution >= 4 is 11.9 Å². The zero-order valence-corrected chi connectivity index (χ0v) is 18.9. The molecule has 3 aromatic carbocycles. The number of carbonyl (C=O) groups excluding carboxylic acids is 2. The van der Waals surface area contributed by atoms with Crippen molar-refractivity contribution in [2.45, 2.75) is 32.5 Å². The van der Waals surface area contributed by atoms with Crippen molar-refractivity contribution in [3.63, 3.8) is 0 Å². The summed E-state index contributed by atoms with van der Waals surface area (Å²) in [5, 5.41) is 0. The van der Waals surface area contributed by atoms with Crippen LogP contribution in [0.4, 0.5) is 0 Å². The van der Waals surface area contributed by atoms with E-state index in [0.717, 1.165) is 5.56 Å². The molecule has 0 aliphatic rings. The molecule has 0 N–H and O–H groups in total. The number of carbonyl (C=O) groups is 2. The van der Waals surface area contributed by atoms with E-state index in [1.807, 2.05) is 36.4 Å². The van der Waals surface area contributed by atoms with E-state index in [-0.39, 0.29) is 19.6 Å². The Morgan fingerprint density at radius 1 is 0.667 bits per heavy atom. The largest absolute Gasteiger partial charge is 0.489 e. The zero-order valence-electron chi connectivity index (χ0n) is 18.9. The average Bonchev–Trinajstić information content (AvgIpc) is 2.84. The van der Waals surface area contributed by atoms with Crippen LogP contribution < -0.4 is 9.47 Å². The Balaban J connectivity index is 1.84. The van der Waals surface area contributed by atoms with Gasteiger partial charge in [-0.05, 0) is 49.2 Å². The Labute approximate surface area is 194 Å². The first-order valence-corrected chi connectivity index (χ1v) is 10.9. The predicted octanol–water partition coefficient (Wildman–Crippen LogP) is 4.75. The predicted molar refractivity (Wildman–Crippen MR) is 124 cm³/mol. The molecule has 0 fully saturated rings. The quantitative estimate of drug-likeness (QED) is 0.311. The summed E-state index contributed by atoms with van der Waals surface area (Å²) in [7, 11) is 0. The van der Waals surface area contributed by atoms with E-state index in [4.69, 9.17) is 18.9 Å². The third kappa shape index (κ3) is 6.35. The van der Waals surface area contributed by atoms with Crippen LogP contribution in [0.25, 0.3) is 0 Å². The number of esters is 2. The SMILES string of the molecule is CCOC(=O)C(Cc1ccc(OCc2ccccc2)cc1)(Oc1ccccc1)C(=O)OCC. The van der Waals surface area contributed by atoms with Crippen LogP contribution >= 0.6 is 0 Å². The number of benzene rings is 3. The smallest absolute Gasteiger partial charge is 0.362 e. The van der Waals surface area contributed by atoms with Gasteiger partial charge in [0.05, 0.1) is 13.2 Å². The highest BCUT2D eigenvalue weighted by molar-refractivity contribution is 6.04. The summed E-state index contributed by atoms with van der Waals surface area (Å²) in [6, 6.07) is 25.7. The molecule has 0 aliphatic carbocycles. The normalized spacial score (nSPS) is 10.8. The molecule has 0 aromatic heterocycles. The van der Waals surface area contributed by atoms with Crippen molar-refractivity contribution in [3.8, 4) is 11.5 Å². The topological polar surface area (TPSA) is 71.1 Å². The molecule has 0 saturated carbocycles. The molecule has 3 aromatic rings. The van der Waals surface area contributed by atoms with Crippen LogP contribution in [0.15, 0.2) is 84.9 Å². The first kappa shape index (κ1) is 23.9. The molecule has 0 radical (unpaired) electrons. The maximum Gasteiger partial charge on any atom is 0.362 e. The maximum absolute atomic E-state index is 13.0. The van der Waals surface area contributed by atoms with Gasteiger partial charge in [-0.15, -0.1) is 0 Å². The van der Waals surface area contributed by atoms with E-state index in [1.54, 1.807) is 62.4 Å². The minimum absolute atomic E-state index is 0.0570. The third-order valence-corrected chi connectivity index (χ3v) is 4.87. The fourth-order valence-electron chi connectivity index (χ4n) is 3.26. The molecule has 0 unspecified atom stereocenters. The minimum Gasteiger partial charge on any atom is -0.489 e. The van der Waals surface area contributed by atoms with Crippen LogP contribution in [0.2, 0.25) is 0 Å². The van der Waals surface area contributed by atoms with Crippen molar-refractivity contribution in [3.05, 3.63) is 96.1 Å². The van der Waals surface area contributed by atoms with E-state index in [2.05, 4.69) is 0 Å². The number of rotatable bonds is 11. The highest BCUT2D eigenvalue weighted by Gasteiger charge is 2.52. The second-order valence-corrected chi connectivity index (χ2v) is 7.28. The van der Waals surface area contributed by atoms with Gasteiger partial charge in [0.25, 0.3) is 0 Å². The number of hydrogen-bond acceptors (Lipinski definition) is 6. The van der Waals surface area contributed by atoms with Crippen molar-refractivity contribution < 1.29 is 28.5 Å². The molecule has 3 rings (SSSR count). The number of para-hydroxylation sites is 1. The zero-order chi connectivity index (χ0) is 23.5. The molecule has 172 valence electrons. The van der Waals surface area contributed by atoms with Gasteiger partial charge in [-0.25, -0.2) is 9.59 Å². The molecular weight excluding hydrogens is 420 g/mol. The van der Waals surface area contributed by atoms with Crippen LogP contribution in [-0.4, -0.2) is 30.8 Å². The first-order valence-electron chi connectivity index (χ1n) is 10.9. The Hall–Kier alpha value is -3.80. The van der Waals surface area contributed by atoms with E-state index < -0.39 is 17.5 Å². The summed E-state index contributed by atoms with van der Waals surface area (Å²) < 4.78 is 22.3. The van der Waals surface area contributed by atoms with Gasteiger partial charge in [0.1, 0.15) is 18.1 Å². The van der Waals surface area contributed by atoms with Gasteiger partial charge in [-0.1, -0.05) is 60.7 Å². The maximum atomic E-state index is 13.0. The summed E-state index contributed by atoms with van der Waals surface area (Å²) in [4.78, 5) is 26.1. The molecule has 0 amide bonds. The van der Waals surface area contributed by atoms with Gasteiger partial charge in [-0.2, -0.15) is 0 Å². The highest BCUT2D eigenvalue weighted by Crippen LogP contribution is 2.27. The van der Waals surface area contributed by atoms with Gasteiger partial charge in [-0.3, -0.25) is 0 Å². The second-order valence-electron chi connectivity index (χ2n) is 7.28. The monoisotopic (exact) mass is 448 g/mol. The lowest BCUT2D eigenvalue weighted by atomic mass is 9.93. The molecule has 0 atom stereocenters. The Morgan fingerprint density at radius 2 is 1.21 bits per heavy atom. The molecule has 6 heteroatoms. The van der Waals surface area contributed by atoms with Crippen LogP contribution in [0, 0.1) is 0 Å². The van der Waals surface area contributed by atoms with E-state index >= 15 is 0 Å². The number of hydrogen-bond donors (Lipinski definition) is 0. The van der Waals surface area contributed by atoms with E-state index in [0.29, 0.717) is 23.7 Å². The average molecular weight is 449 g/mol. The van der Waals surface area contributed by atoms with Gasteiger partial charge < -0.3 is 18.9 Å². The van der Waals surface area contributed by atoms with Gasteiger partial charge >= 0.3 is 17.5 Å². The molecular formula is C27H28O6. The summed E-state index contributed by atoms with van der Waals surface area (Å²) in [6.45, 7) is 3.99. The molecule has 6 nitrogen and oxygen atoms in total. The molecule has 0 saturated heterocycles. The second kappa shape index (κ2) is 11.7. The fraction of sp³-hybridized carbons (Fsp3) is 0.259. The summed E-state index contributed by atoms with van der Waals surface area (Å²) in [5.74, 6) is -0.556. The molecule has 0 spiro atoms. The minimum atomic E-state index is -1.97. The standard InChI is InChI=1S/C27H28O6/c1-3-30-25(28)27(26(29)31-4-2,33-24-13-9-6-10-14-24)19-21-15-17-23(18-16-21)32-20-22-11-7-5-8-12-22/h5-18H,3-4,19-20H2,1-2H3. The van der Waals surface area contributed by atoms with Gasteiger partial charge in [0, 0.05) is 6.42 Å². The van der Waals surface area contributed by atoms with Gasteiger partial charge in [0.2, 0.25) is 0 Å². The molecule has 33 heavy (non-hydrogen) atoms.